The molecular weight excluding hydrogens is 241 g/mol. The van der Waals surface area contributed by atoms with Crippen molar-refractivity contribution in [2.45, 2.75) is 19.9 Å². The highest BCUT2D eigenvalue weighted by molar-refractivity contribution is 7.46. The fraction of sp³-hybridized carbons (Fsp3) is 0.273. The zero-order chi connectivity index (χ0) is 13.3. The third kappa shape index (κ3) is 9.78. The van der Waals surface area contributed by atoms with Gasteiger partial charge in [0.1, 0.15) is 0 Å². The van der Waals surface area contributed by atoms with E-state index in [2.05, 4.69) is 4.52 Å². The van der Waals surface area contributed by atoms with E-state index >= 15 is 0 Å². The first-order valence-electron chi connectivity index (χ1n) is 5.02. The van der Waals surface area contributed by atoms with Crippen LogP contribution in [0.5, 0.6) is 0 Å². The summed E-state index contributed by atoms with van der Waals surface area (Å²) in [5.74, 6) is 0. The van der Waals surface area contributed by atoms with Crippen LogP contribution in [-0.2, 0) is 9.09 Å². The molecule has 6 heteroatoms. The molecule has 0 amide bonds. The fourth-order valence-corrected chi connectivity index (χ4v) is 1.18. The van der Waals surface area contributed by atoms with Gasteiger partial charge in [-0.1, -0.05) is 36.4 Å². The number of rotatable bonds is 3. The Labute approximate surface area is 101 Å². The van der Waals surface area contributed by atoms with Crippen LogP contribution in [0, 0.1) is 0 Å². The summed E-state index contributed by atoms with van der Waals surface area (Å²) in [6, 6.07) is 10.2. The number of phosphoric acid groups is 1. The first-order chi connectivity index (χ1) is 7.87. The Bertz CT molecular complexity index is 372. The summed E-state index contributed by atoms with van der Waals surface area (Å²) in [7, 11) is -4.27. The van der Waals surface area contributed by atoms with E-state index in [1.54, 1.807) is 6.92 Å². The molecule has 0 aliphatic rings. The van der Waals surface area contributed by atoms with Gasteiger partial charge in [-0.25, -0.2) is 4.57 Å². The lowest BCUT2D eigenvalue weighted by Crippen LogP contribution is -2.03. The molecule has 1 rings (SSSR count). The maximum Gasteiger partial charge on any atom is 0.524 e. The van der Waals surface area contributed by atoms with Gasteiger partial charge in [-0.2, -0.15) is 0 Å². The zero-order valence-electron chi connectivity index (χ0n) is 9.85. The molecule has 0 aliphatic heterocycles. The van der Waals surface area contributed by atoms with Gasteiger partial charge in [-0.05, 0) is 19.4 Å². The standard InChI is InChI=1S/C8H11N.C3H7O4P/c1-7(9)8-5-3-2-4-6-8;1-2-3-7-8(4,5)6/h2-7H,9H2,1H3;2-3H,1H3,(H2,4,5,6)/b;3-2-/t7-;/m1./s1. The number of nitrogens with two attached hydrogens (primary N) is 1. The van der Waals surface area contributed by atoms with Crippen LogP contribution in [0.2, 0.25) is 0 Å². The first-order valence-corrected chi connectivity index (χ1v) is 6.55. The Hall–Kier alpha value is -1.13. The van der Waals surface area contributed by atoms with Crippen LogP contribution in [0.1, 0.15) is 25.5 Å². The lowest BCUT2D eigenvalue weighted by atomic mass is 10.1. The highest BCUT2D eigenvalue weighted by Crippen LogP contribution is 2.35. The Kier molecular flexibility index (Phi) is 7.50. The molecule has 0 saturated heterocycles. The third-order valence-electron chi connectivity index (χ3n) is 1.66. The molecule has 96 valence electrons. The van der Waals surface area contributed by atoms with Crippen molar-refractivity contribution >= 4 is 7.82 Å². The summed E-state index contributed by atoms with van der Waals surface area (Å²) in [4.78, 5) is 16.0. The summed E-state index contributed by atoms with van der Waals surface area (Å²) in [6.07, 6.45) is 2.33. The van der Waals surface area contributed by atoms with Gasteiger partial charge in [0.05, 0.1) is 6.26 Å². The van der Waals surface area contributed by atoms with Gasteiger partial charge in [0.25, 0.3) is 0 Å². The van der Waals surface area contributed by atoms with Crippen molar-refractivity contribution in [3.8, 4) is 0 Å². The van der Waals surface area contributed by atoms with Gasteiger partial charge in [-0.3, -0.25) is 9.79 Å². The second-order valence-electron chi connectivity index (χ2n) is 3.26. The van der Waals surface area contributed by atoms with Crippen molar-refractivity contribution in [1.29, 1.82) is 0 Å². The molecule has 0 aliphatic carbocycles. The molecule has 0 radical (unpaired) electrons. The molecule has 0 unspecified atom stereocenters. The first kappa shape index (κ1) is 15.9. The molecule has 0 aromatic heterocycles. The maximum absolute atomic E-state index is 9.81. The van der Waals surface area contributed by atoms with Gasteiger partial charge in [-0.15, -0.1) is 0 Å². The predicted octanol–water partition coefficient (Wildman–Crippen LogP) is 2.34. The van der Waals surface area contributed by atoms with Crippen molar-refractivity contribution < 1.29 is 18.9 Å². The topological polar surface area (TPSA) is 92.8 Å². The van der Waals surface area contributed by atoms with Crippen LogP contribution in [0.15, 0.2) is 42.7 Å². The van der Waals surface area contributed by atoms with Crippen molar-refractivity contribution in [3.63, 3.8) is 0 Å². The second kappa shape index (κ2) is 8.03. The summed E-state index contributed by atoms with van der Waals surface area (Å²) < 4.78 is 13.7. The van der Waals surface area contributed by atoms with Crippen molar-refractivity contribution in [2.75, 3.05) is 0 Å². The zero-order valence-corrected chi connectivity index (χ0v) is 10.7. The van der Waals surface area contributed by atoms with Gasteiger partial charge in [0.2, 0.25) is 0 Å². The number of allylic oxidation sites excluding steroid dienone is 1. The van der Waals surface area contributed by atoms with E-state index in [1.165, 1.54) is 11.6 Å². The molecule has 4 N–H and O–H groups in total. The van der Waals surface area contributed by atoms with E-state index in [4.69, 9.17) is 15.5 Å². The van der Waals surface area contributed by atoms with Crippen LogP contribution in [0.3, 0.4) is 0 Å². The Morgan fingerprint density at radius 3 is 2.12 bits per heavy atom. The second-order valence-corrected chi connectivity index (χ2v) is 4.46. The molecule has 0 saturated carbocycles. The molecule has 5 nitrogen and oxygen atoms in total. The van der Waals surface area contributed by atoms with Crippen molar-refractivity contribution in [3.05, 3.63) is 48.2 Å². The monoisotopic (exact) mass is 259 g/mol. The number of benzene rings is 1. The van der Waals surface area contributed by atoms with Crippen molar-refractivity contribution in [1.82, 2.24) is 0 Å². The minimum absolute atomic E-state index is 0.159. The number of hydrogen-bond donors (Lipinski definition) is 3. The average Bonchev–Trinajstić information content (AvgIpc) is 2.27. The number of hydrogen-bond acceptors (Lipinski definition) is 3. The van der Waals surface area contributed by atoms with Gasteiger partial charge in [0, 0.05) is 6.04 Å². The maximum atomic E-state index is 9.81. The molecule has 0 spiro atoms. The largest absolute Gasteiger partial charge is 0.524 e. The van der Waals surface area contributed by atoms with Gasteiger partial charge >= 0.3 is 7.82 Å². The van der Waals surface area contributed by atoms with Crippen LogP contribution >= 0.6 is 7.82 Å². The molecule has 1 atom stereocenters. The van der Waals surface area contributed by atoms with E-state index in [9.17, 15) is 4.57 Å². The van der Waals surface area contributed by atoms with Crippen LogP contribution in [-0.4, -0.2) is 9.79 Å². The third-order valence-corrected chi connectivity index (χ3v) is 2.06. The summed E-state index contributed by atoms with van der Waals surface area (Å²) >= 11 is 0. The molecule has 1 aromatic rings. The normalized spacial score (nSPS) is 12.8. The molecule has 0 bridgehead atoms. The minimum Gasteiger partial charge on any atom is -0.413 e. The van der Waals surface area contributed by atoms with E-state index in [-0.39, 0.29) is 6.04 Å². The molecule has 17 heavy (non-hydrogen) atoms. The predicted molar refractivity (Wildman–Crippen MR) is 67.0 cm³/mol. The SMILES string of the molecule is C/C=C\OP(=O)(O)O.C[C@@H](N)c1ccccc1. The summed E-state index contributed by atoms with van der Waals surface area (Å²) in [5.41, 5.74) is 6.81. The quantitative estimate of drug-likeness (QED) is 0.572. The lowest BCUT2D eigenvalue weighted by molar-refractivity contribution is 0.258. The van der Waals surface area contributed by atoms with Gasteiger partial charge in [0.15, 0.2) is 0 Å². The Morgan fingerprint density at radius 1 is 1.35 bits per heavy atom. The number of phosphoric ester groups is 1. The Balaban J connectivity index is 0.000000304. The molecule has 0 fully saturated rings. The van der Waals surface area contributed by atoms with E-state index in [1.807, 2.05) is 37.3 Å². The molecular formula is C11H18NO4P. The summed E-state index contributed by atoms with van der Waals surface area (Å²) in [5, 5.41) is 0. The molecule has 0 heterocycles. The Morgan fingerprint density at radius 2 is 1.88 bits per heavy atom. The smallest absolute Gasteiger partial charge is 0.413 e. The molecule has 1 aromatic carbocycles. The van der Waals surface area contributed by atoms with E-state index in [0.29, 0.717) is 0 Å². The fourth-order valence-electron chi connectivity index (χ4n) is 0.897. The lowest BCUT2D eigenvalue weighted by Gasteiger charge is -2.02. The van der Waals surface area contributed by atoms with Crippen LogP contribution < -0.4 is 5.73 Å². The van der Waals surface area contributed by atoms with Crippen molar-refractivity contribution in [2.24, 2.45) is 5.73 Å². The van der Waals surface area contributed by atoms with Crippen LogP contribution in [0.4, 0.5) is 0 Å². The highest BCUT2D eigenvalue weighted by Gasteiger charge is 2.10. The summed E-state index contributed by atoms with van der Waals surface area (Å²) in [6.45, 7) is 3.57. The minimum atomic E-state index is -4.27. The van der Waals surface area contributed by atoms with E-state index < -0.39 is 7.82 Å². The highest BCUT2D eigenvalue weighted by atomic mass is 31.2. The van der Waals surface area contributed by atoms with Gasteiger partial charge < -0.3 is 10.3 Å². The average molecular weight is 259 g/mol. The van der Waals surface area contributed by atoms with Crippen LogP contribution in [0.25, 0.3) is 0 Å². The van der Waals surface area contributed by atoms with E-state index in [0.717, 1.165) is 6.26 Å².